The molecule has 1 unspecified atom stereocenters. The van der Waals surface area contributed by atoms with Crippen LogP contribution in [0, 0.1) is 0 Å². The number of furan rings is 4. The molecule has 38 rings (SSSR count). The number of rotatable bonds is 5. The maximum Gasteiger partial charge on any atom is 0.159 e. The lowest BCUT2D eigenvalue weighted by Crippen LogP contribution is -1.99. The lowest BCUT2D eigenvalue weighted by molar-refractivity contribution is 0.661. The predicted molar refractivity (Wildman–Crippen MR) is 595 cm³/mol. The van der Waals surface area contributed by atoms with Crippen molar-refractivity contribution in [2.24, 2.45) is 0 Å². The monoisotopic (exact) mass is 1830 g/mol. The molecule has 0 N–H and O–H groups in total. The highest BCUT2D eigenvalue weighted by atomic mass is 16.3. The topological polar surface area (TPSA) is 85.0 Å². The van der Waals surface area contributed by atoms with Gasteiger partial charge in [-0.05, 0) is 149 Å². The number of benzene rings is 22. The molecule has 0 aliphatic heterocycles. The smallest absolute Gasteiger partial charge is 0.159 e. The Kier molecular flexibility index (Phi) is 12.7. The van der Waals surface area contributed by atoms with Gasteiger partial charge in [0.25, 0.3) is 0 Å². The summed E-state index contributed by atoms with van der Waals surface area (Å²) in [5, 5.41) is 35.0. The fourth-order valence-corrected chi connectivity index (χ4v) is 28.6. The second-order valence-electron chi connectivity index (χ2n) is 40.5. The summed E-state index contributed by atoms with van der Waals surface area (Å²) in [6.45, 7) is 0. The largest absolute Gasteiger partial charge is 0.456 e. The molecule has 144 heavy (non-hydrogen) atoms. The Morgan fingerprint density at radius 2 is 0.528 bits per heavy atom. The van der Waals surface area contributed by atoms with Crippen LogP contribution in [-0.4, -0.2) is 31.3 Å². The molecule has 0 amide bonds. The van der Waals surface area contributed by atoms with Crippen molar-refractivity contribution in [2.45, 2.75) is 5.92 Å². The van der Waals surface area contributed by atoms with Crippen LogP contribution in [0.1, 0.15) is 22.6 Å². The SMILES string of the molecule is c1ccc2c(c1)-c1c(cc3c4cc5c(cc4n4c6ccccc6c1c34)c1cc3c(c4ccc(-c6cc7c8ccccc8n(-c8cccc9c8oc8ccccc89)c7c7c6c6cccc8c9cc%10c(cc9n7c86)c6cccc7c8ccc9c%11ccccc%11n(-c%11cccc%12c%11oc%11ccccc%11%12)c9c8n%10c67)cc4n3-c3cccc4c3oc3ccccc34)c3c4ccccc4n5c13)C2c1cccc2c1oc1ccccc12. The third-order valence-corrected chi connectivity index (χ3v) is 34.0. The average Bonchev–Trinajstić information content (AvgIpc) is 1.50. The summed E-state index contributed by atoms with van der Waals surface area (Å²) in [7, 11) is 0. The van der Waals surface area contributed by atoms with Crippen LogP contribution in [0.5, 0.6) is 0 Å². The Balaban J connectivity index is 0.626. The Hall–Kier alpha value is -19.4. The number of hydrogen-bond donors (Lipinski definition) is 0. The quantitative estimate of drug-likeness (QED) is 0.172. The van der Waals surface area contributed by atoms with E-state index in [1.807, 2.05) is 0 Å². The molecule has 0 saturated carbocycles. The van der Waals surface area contributed by atoms with Gasteiger partial charge in [-0.3, -0.25) is 0 Å². The first-order valence-electron chi connectivity index (χ1n) is 49.8. The van der Waals surface area contributed by atoms with Crippen molar-refractivity contribution in [3.05, 3.63) is 417 Å². The second-order valence-corrected chi connectivity index (χ2v) is 40.5. The summed E-state index contributed by atoms with van der Waals surface area (Å²) in [6, 6.07) is 150. The summed E-state index contributed by atoms with van der Waals surface area (Å²) in [6.07, 6.45) is 0. The molecule has 0 spiro atoms. The maximum absolute atomic E-state index is 7.36. The van der Waals surface area contributed by atoms with Gasteiger partial charge in [0.2, 0.25) is 0 Å². The van der Waals surface area contributed by atoms with E-state index in [-0.39, 0.29) is 5.92 Å². The standard InChI is InChI=1S/C133H67N7O4/c1-2-32-75-74(31-1)116(89-43-21-38-81-70-27-7-15-51-112(70)141-130(81)89)98-61-96-93-64-108-94(65-107(93)137-101-46-13-5-33-85(101)120(117(75)98)124(96)137)97-66-111-119(121-86-34-6-14-47-102(86)138(108)125(97)121)87-56-55-67(59-106(87)134(111)103-48-22-39-82-71-28-8-16-52-113(71)142-131(82)103)90-60-95-69-26-4-12-45-100(69)136(105-50-24-41-84-73-30-10-18-54-115(73)144-133(84)105)128(95)129-118(90)88-42-20-37-78-92-62-109-91(63-110(92)140(129)123(78)88)77-36-19-35-76-80-58-57-79-68-25-3-11-44-99(68)135(126(79)127(80)139(109)122(76)77)104-49-23-40-83-72-29-9-17-53-114(72)143-132(83)104/h1-66,116H. The van der Waals surface area contributed by atoms with Gasteiger partial charge in [-0.1, -0.05) is 285 Å². The molecular formula is C133H67N7O4. The Bertz CT molecular complexity index is 12600. The zero-order chi connectivity index (χ0) is 92.2. The zero-order valence-corrected chi connectivity index (χ0v) is 76.4. The van der Waals surface area contributed by atoms with E-state index in [1.165, 1.54) is 169 Å². The van der Waals surface area contributed by atoms with Gasteiger partial charge in [-0.25, -0.2) is 0 Å². The molecule has 1 aliphatic rings. The lowest BCUT2D eigenvalue weighted by Gasteiger charge is -2.15. The predicted octanol–water partition coefficient (Wildman–Crippen LogP) is 36.0. The van der Waals surface area contributed by atoms with E-state index in [9.17, 15) is 0 Å². The van der Waals surface area contributed by atoms with Crippen molar-refractivity contribution in [3.8, 4) is 39.3 Å². The van der Waals surface area contributed by atoms with Crippen molar-refractivity contribution in [3.63, 3.8) is 0 Å². The minimum absolute atomic E-state index is 0.0863. The van der Waals surface area contributed by atoms with Crippen molar-refractivity contribution in [1.82, 2.24) is 31.3 Å². The molecule has 658 valence electrons. The van der Waals surface area contributed by atoms with Gasteiger partial charge in [0, 0.05) is 173 Å². The molecule has 0 fully saturated rings. The first kappa shape index (κ1) is 72.9. The van der Waals surface area contributed by atoms with Crippen molar-refractivity contribution in [1.29, 1.82) is 0 Å². The van der Waals surface area contributed by atoms with Gasteiger partial charge in [-0.2, -0.15) is 0 Å². The lowest BCUT2D eigenvalue weighted by atomic mass is 9.87. The molecule has 37 aromatic rings. The first-order valence-corrected chi connectivity index (χ1v) is 49.8. The van der Waals surface area contributed by atoms with Gasteiger partial charge in [0.15, 0.2) is 16.7 Å². The van der Waals surface area contributed by atoms with Crippen LogP contribution in [0.2, 0.25) is 0 Å². The Labute approximate surface area is 811 Å². The summed E-state index contributed by atoms with van der Waals surface area (Å²) in [4.78, 5) is 0. The summed E-state index contributed by atoms with van der Waals surface area (Å²) < 4.78 is 46.7. The molecule has 0 bridgehead atoms. The van der Waals surface area contributed by atoms with E-state index in [0.29, 0.717) is 0 Å². The highest BCUT2D eigenvalue weighted by Gasteiger charge is 2.39. The van der Waals surface area contributed by atoms with E-state index in [0.717, 1.165) is 193 Å². The van der Waals surface area contributed by atoms with E-state index in [2.05, 4.69) is 432 Å². The Morgan fingerprint density at radius 3 is 1.12 bits per heavy atom. The van der Waals surface area contributed by atoms with Crippen LogP contribution in [0.3, 0.4) is 0 Å². The van der Waals surface area contributed by atoms with Crippen LogP contribution in [0.25, 0.3) is 345 Å². The molecule has 11 nitrogen and oxygen atoms in total. The van der Waals surface area contributed by atoms with E-state index >= 15 is 0 Å². The van der Waals surface area contributed by atoms with Gasteiger partial charge < -0.3 is 49.0 Å². The third kappa shape index (κ3) is 8.37. The molecule has 1 aliphatic carbocycles. The molecule has 0 saturated heterocycles. The number of hydrogen-bond acceptors (Lipinski definition) is 4. The van der Waals surface area contributed by atoms with Gasteiger partial charge in [-0.15, -0.1) is 0 Å². The fraction of sp³-hybridized carbons (Fsp3) is 0.00752. The first-order chi connectivity index (χ1) is 71.5. The molecular weight excluding hydrogens is 1760 g/mol. The molecule has 11 heteroatoms. The minimum Gasteiger partial charge on any atom is -0.456 e. The highest BCUT2D eigenvalue weighted by molar-refractivity contribution is 6.41. The van der Waals surface area contributed by atoms with Gasteiger partial charge in [0.1, 0.15) is 27.9 Å². The minimum atomic E-state index is -0.0863. The number of aromatic nitrogens is 7. The summed E-state index contributed by atoms with van der Waals surface area (Å²) in [5.41, 5.74) is 39.2. The third-order valence-electron chi connectivity index (χ3n) is 34.0. The van der Waals surface area contributed by atoms with Gasteiger partial charge in [0.05, 0.1) is 116 Å². The second kappa shape index (κ2) is 25.0. The van der Waals surface area contributed by atoms with E-state index < -0.39 is 0 Å². The van der Waals surface area contributed by atoms with Crippen LogP contribution in [-0.2, 0) is 0 Å². The number of fused-ring (bicyclic) bond motifs is 52. The molecule has 22 aromatic carbocycles. The number of para-hydroxylation sites is 14. The average molecular weight is 1830 g/mol. The van der Waals surface area contributed by atoms with Crippen LogP contribution in [0.4, 0.5) is 0 Å². The Morgan fingerprint density at radius 1 is 0.160 bits per heavy atom. The molecule has 15 aromatic heterocycles. The maximum atomic E-state index is 7.36. The zero-order valence-electron chi connectivity index (χ0n) is 76.4. The summed E-state index contributed by atoms with van der Waals surface area (Å²) >= 11 is 0. The van der Waals surface area contributed by atoms with Crippen LogP contribution >= 0.6 is 0 Å². The normalized spacial score (nSPS) is 13.8. The number of nitrogens with zero attached hydrogens (tertiary/aromatic N) is 7. The van der Waals surface area contributed by atoms with Crippen molar-refractivity contribution in [2.75, 3.05) is 0 Å². The van der Waals surface area contributed by atoms with E-state index in [1.54, 1.807) is 0 Å². The highest BCUT2D eigenvalue weighted by Crippen LogP contribution is 2.60. The molecule has 0 radical (unpaired) electrons. The fourth-order valence-electron chi connectivity index (χ4n) is 28.6. The molecule has 15 heterocycles. The van der Waals surface area contributed by atoms with E-state index in [4.69, 9.17) is 17.7 Å². The van der Waals surface area contributed by atoms with Crippen LogP contribution in [0.15, 0.2) is 418 Å². The summed E-state index contributed by atoms with van der Waals surface area (Å²) in [5.74, 6) is -0.0863. The van der Waals surface area contributed by atoms with Gasteiger partial charge >= 0.3 is 0 Å². The van der Waals surface area contributed by atoms with Crippen LogP contribution < -0.4 is 0 Å². The van der Waals surface area contributed by atoms with Crippen molar-refractivity contribution < 1.29 is 17.7 Å². The molecule has 1 atom stereocenters. The van der Waals surface area contributed by atoms with Crippen molar-refractivity contribution >= 4 is 306 Å².